The van der Waals surface area contributed by atoms with Crippen molar-refractivity contribution in [3.8, 4) is 44.9 Å². The Morgan fingerprint density at radius 1 is 0.274 bits per heavy atom. The third-order valence-corrected chi connectivity index (χ3v) is 12.7. The molecule has 4 nitrogen and oxygen atoms in total. The van der Waals surface area contributed by atoms with Crippen LogP contribution in [0.1, 0.15) is 0 Å². The zero-order valence-corrected chi connectivity index (χ0v) is 33.6. The molecule has 4 heteroatoms. The third kappa shape index (κ3) is 5.27. The lowest BCUT2D eigenvalue weighted by molar-refractivity contribution is 1.18. The maximum absolute atomic E-state index is 5.23. The van der Waals surface area contributed by atoms with Crippen LogP contribution < -0.4 is 0 Å². The third-order valence-electron chi connectivity index (χ3n) is 12.7. The van der Waals surface area contributed by atoms with Gasteiger partial charge in [0, 0.05) is 49.3 Å². The predicted molar refractivity (Wildman–Crippen MR) is 260 cm³/mol. The summed E-state index contributed by atoms with van der Waals surface area (Å²) in [7, 11) is 0. The Balaban J connectivity index is 0.875. The van der Waals surface area contributed by atoms with E-state index in [0.29, 0.717) is 0 Å². The summed E-state index contributed by atoms with van der Waals surface area (Å²) in [6, 6.07) is 76.6. The van der Waals surface area contributed by atoms with E-state index in [1.165, 1.54) is 71.2 Å². The summed E-state index contributed by atoms with van der Waals surface area (Å²) in [4.78, 5) is 10.2. The lowest BCUT2D eigenvalue weighted by Crippen LogP contribution is -1.94. The van der Waals surface area contributed by atoms with Crippen LogP contribution in [0.4, 0.5) is 0 Å². The highest BCUT2D eigenvalue weighted by Gasteiger charge is 2.17. The Hall–Kier alpha value is -8.34. The summed E-state index contributed by atoms with van der Waals surface area (Å²) in [6.45, 7) is 0. The minimum absolute atomic E-state index is 0.863. The summed E-state index contributed by atoms with van der Waals surface area (Å²) in [5.41, 5.74) is 15.5. The van der Waals surface area contributed by atoms with E-state index in [0.717, 1.165) is 49.9 Å². The second-order valence-electron chi connectivity index (χ2n) is 16.2. The fourth-order valence-electron chi connectivity index (χ4n) is 9.86. The van der Waals surface area contributed by atoms with Gasteiger partial charge in [-0.1, -0.05) is 152 Å². The Labute approximate surface area is 357 Å². The average Bonchev–Trinajstić information content (AvgIpc) is 3.86. The van der Waals surface area contributed by atoms with Gasteiger partial charge in [0.2, 0.25) is 0 Å². The number of nitrogens with zero attached hydrogens (tertiary/aromatic N) is 4. The predicted octanol–water partition coefficient (Wildman–Crippen LogP) is 15.1. The summed E-state index contributed by atoms with van der Waals surface area (Å²) < 4.78 is 4.78. The highest BCUT2D eigenvalue weighted by Crippen LogP contribution is 2.39. The molecule has 13 rings (SSSR count). The maximum atomic E-state index is 5.23. The van der Waals surface area contributed by atoms with Crippen LogP contribution in [-0.4, -0.2) is 19.1 Å². The molecule has 0 aliphatic carbocycles. The van der Waals surface area contributed by atoms with Gasteiger partial charge in [-0.05, 0) is 93.7 Å². The molecule has 0 radical (unpaired) electrons. The fourth-order valence-corrected chi connectivity index (χ4v) is 9.86. The van der Waals surface area contributed by atoms with E-state index in [1.807, 2.05) is 6.20 Å². The first-order valence-electron chi connectivity index (χ1n) is 21.1. The topological polar surface area (TPSA) is 35.6 Å². The largest absolute Gasteiger partial charge is 0.309 e. The lowest BCUT2D eigenvalue weighted by atomic mass is 9.99. The van der Waals surface area contributed by atoms with E-state index in [2.05, 4.69) is 221 Å². The standard InChI is InChI=1S/C58H36N4/c1-2-14-42(15-3-1)61-53-23-10-8-19-46(53)50-34-40(29-31-55(50)61)41-30-32-56-51(35-41)47-20-9-11-24-54(47)62(56)43-16-12-13-39(33-43)37-25-27-38(28-26-37)52-36-59-57-48-21-6-4-17-44(48)45-18-5-7-22-49(45)58(57)60-52/h1-36H. The minimum atomic E-state index is 0.863. The van der Waals surface area contributed by atoms with Gasteiger partial charge in [-0.15, -0.1) is 0 Å². The Morgan fingerprint density at radius 3 is 1.35 bits per heavy atom. The summed E-state index contributed by atoms with van der Waals surface area (Å²) in [5, 5.41) is 9.62. The lowest BCUT2D eigenvalue weighted by Gasteiger charge is -2.12. The number of aromatic nitrogens is 4. The van der Waals surface area contributed by atoms with Crippen molar-refractivity contribution in [1.82, 2.24) is 19.1 Å². The second-order valence-corrected chi connectivity index (χ2v) is 16.2. The first-order valence-corrected chi connectivity index (χ1v) is 21.1. The van der Waals surface area contributed by atoms with E-state index in [1.54, 1.807) is 0 Å². The molecule has 288 valence electrons. The van der Waals surface area contributed by atoms with Crippen molar-refractivity contribution < 1.29 is 0 Å². The van der Waals surface area contributed by atoms with Crippen molar-refractivity contribution in [2.24, 2.45) is 0 Å². The van der Waals surface area contributed by atoms with Crippen molar-refractivity contribution in [2.45, 2.75) is 0 Å². The van der Waals surface area contributed by atoms with Gasteiger partial charge in [-0.2, -0.15) is 0 Å². The van der Waals surface area contributed by atoms with Gasteiger partial charge >= 0.3 is 0 Å². The van der Waals surface area contributed by atoms with Gasteiger partial charge in [-0.3, -0.25) is 4.98 Å². The molecule has 0 amide bonds. The molecule has 0 N–H and O–H groups in total. The highest BCUT2D eigenvalue weighted by molar-refractivity contribution is 6.23. The van der Waals surface area contributed by atoms with Crippen LogP contribution in [0.2, 0.25) is 0 Å². The zero-order valence-electron chi connectivity index (χ0n) is 33.6. The number of hydrogen-bond acceptors (Lipinski definition) is 2. The van der Waals surface area contributed by atoms with Crippen LogP contribution in [0.25, 0.3) is 121 Å². The molecule has 0 unspecified atom stereocenters. The van der Waals surface area contributed by atoms with E-state index in [4.69, 9.17) is 9.97 Å². The van der Waals surface area contributed by atoms with Crippen molar-refractivity contribution in [3.63, 3.8) is 0 Å². The Kier molecular flexibility index (Phi) is 7.57. The van der Waals surface area contributed by atoms with Crippen molar-refractivity contribution >= 4 is 76.2 Å². The first-order chi connectivity index (χ1) is 30.7. The summed E-state index contributed by atoms with van der Waals surface area (Å²) >= 11 is 0. The van der Waals surface area contributed by atoms with Crippen LogP contribution in [0.15, 0.2) is 219 Å². The first kappa shape index (κ1) is 34.5. The van der Waals surface area contributed by atoms with E-state index in [9.17, 15) is 0 Å². The average molecular weight is 789 g/mol. The molecule has 0 saturated carbocycles. The van der Waals surface area contributed by atoms with Crippen molar-refractivity contribution in [1.29, 1.82) is 0 Å². The van der Waals surface area contributed by atoms with Gasteiger partial charge in [0.25, 0.3) is 0 Å². The van der Waals surface area contributed by atoms with Crippen LogP contribution >= 0.6 is 0 Å². The van der Waals surface area contributed by atoms with Crippen LogP contribution in [0, 0.1) is 0 Å². The van der Waals surface area contributed by atoms with Crippen molar-refractivity contribution in [3.05, 3.63) is 219 Å². The molecule has 62 heavy (non-hydrogen) atoms. The molecule has 3 aromatic heterocycles. The molecular formula is C58H36N4. The van der Waals surface area contributed by atoms with Gasteiger partial charge in [0.05, 0.1) is 45.0 Å². The van der Waals surface area contributed by atoms with Gasteiger partial charge in [0.15, 0.2) is 0 Å². The number of benzene rings is 10. The normalized spacial score (nSPS) is 11.9. The number of hydrogen-bond donors (Lipinski definition) is 0. The molecule has 10 aromatic carbocycles. The number of rotatable bonds is 5. The molecule has 0 aliphatic rings. The molecule has 0 aliphatic heterocycles. The fraction of sp³-hybridized carbons (Fsp3) is 0. The SMILES string of the molecule is c1ccc(-n2c3ccccc3c3cc(-c4ccc5c(c4)c4ccccc4n5-c4cccc(-c5ccc(-c6cnc7c8ccccc8c8ccccc8c7n6)cc5)c4)ccc32)cc1. The van der Waals surface area contributed by atoms with Crippen LogP contribution in [-0.2, 0) is 0 Å². The van der Waals surface area contributed by atoms with Gasteiger partial charge < -0.3 is 9.13 Å². The Bertz CT molecular complexity index is 3880. The Morgan fingerprint density at radius 2 is 0.726 bits per heavy atom. The quantitative estimate of drug-likeness (QED) is 0.163. The van der Waals surface area contributed by atoms with Crippen molar-refractivity contribution in [2.75, 3.05) is 0 Å². The number of fused-ring (bicyclic) bond motifs is 12. The second kappa shape index (κ2) is 13.6. The smallest absolute Gasteiger partial charge is 0.0979 e. The van der Waals surface area contributed by atoms with Gasteiger partial charge in [-0.25, -0.2) is 4.98 Å². The molecule has 0 spiro atoms. The van der Waals surface area contributed by atoms with Crippen LogP contribution in [0.3, 0.4) is 0 Å². The summed E-state index contributed by atoms with van der Waals surface area (Å²) in [6.07, 6.45) is 1.91. The zero-order chi connectivity index (χ0) is 40.7. The molecule has 13 aromatic rings. The van der Waals surface area contributed by atoms with Crippen LogP contribution in [0.5, 0.6) is 0 Å². The molecule has 3 heterocycles. The molecule has 0 atom stereocenters. The van der Waals surface area contributed by atoms with Gasteiger partial charge in [0.1, 0.15) is 0 Å². The molecule has 0 saturated heterocycles. The van der Waals surface area contributed by atoms with E-state index >= 15 is 0 Å². The van der Waals surface area contributed by atoms with E-state index in [-0.39, 0.29) is 0 Å². The molecule has 0 fully saturated rings. The molecule has 0 bridgehead atoms. The highest BCUT2D eigenvalue weighted by atomic mass is 15.0. The molecular weight excluding hydrogens is 753 g/mol. The van der Waals surface area contributed by atoms with E-state index < -0.39 is 0 Å². The maximum Gasteiger partial charge on any atom is 0.0979 e. The number of para-hydroxylation sites is 3. The summed E-state index contributed by atoms with van der Waals surface area (Å²) in [5.74, 6) is 0. The monoisotopic (exact) mass is 788 g/mol. The minimum Gasteiger partial charge on any atom is -0.309 e.